The molecule has 2 atom stereocenters. The molecule has 0 aromatic heterocycles. The van der Waals surface area contributed by atoms with Crippen molar-refractivity contribution in [2.75, 3.05) is 0 Å². The van der Waals surface area contributed by atoms with Crippen molar-refractivity contribution in [2.24, 2.45) is 5.73 Å². The van der Waals surface area contributed by atoms with Gasteiger partial charge in [0.1, 0.15) is 11.6 Å². The van der Waals surface area contributed by atoms with Crippen LogP contribution in [0.3, 0.4) is 0 Å². The van der Waals surface area contributed by atoms with Crippen LogP contribution in [0.25, 0.3) is 0 Å². The fourth-order valence-electron chi connectivity index (χ4n) is 1.57. The van der Waals surface area contributed by atoms with Crippen LogP contribution in [0, 0.1) is 6.92 Å². The molecule has 5 nitrogen and oxygen atoms in total. The van der Waals surface area contributed by atoms with Gasteiger partial charge in [-0.3, -0.25) is 4.79 Å². The van der Waals surface area contributed by atoms with E-state index in [-0.39, 0.29) is 6.42 Å². The molecule has 1 aromatic rings. The summed E-state index contributed by atoms with van der Waals surface area (Å²) in [5, 5.41) is 11.6. The molecule has 0 radical (unpaired) electrons. The van der Waals surface area contributed by atoms with Crippen molar-refractivity contribution in [3.8, 4) is 0 Å². The number of aliphatic carboxylic acids is 1. The predicted molar refractivity (Wildman–Crippen MR) is 72.6 cm³/mol. The number of nitrogens with two attached hydrogens (primary N) is 1. The van der Waals surface area contributed by atoms with Crippen molar-refractivity contribution < 1.29 is 14.7 Å². The third-order valence-corrected chi connectivity index (χ3v) is 3.30. The fourth-order valence-corrected chi connectivity index (χ4v) is 1.57. The number of hydrogen-bond acceptors (Lipinski definition) is 3. The molecule has 0 bridgehead atoms. The van der Waals surface area contributed by atoms with Crippen molar-refractivity contribution in [1.82, 2.24) is 5.32 Å². The van der Waals surface area contributed by atoms with E-state index in [1.54, 1.807) is 19.1 Å². The molecule has 0 saturated heterocycles. The lowest BCUT2D eigenvalue weighted by molar-refractivity contribution is -0.147. The van der Waals surface area contributed by atoms with Crippen LogP contribution in [0.15, 0.2) is 24.3 Å². The quantitative estimate of drug-likeness (QED) is 0.748. The Bertz CT molecular complexity index is 470. The minimum absolute atomic E-state index is 0.286. The van der Waals surface area contributed by atoms with Crippen LogP contribution in [0.1, 0.15) is 37.4 Å². The maximum atomic E-state index is 12.0. The van der Waals surface area contributed by atoms with Crippen molar-refractivity contribution in [1.29, 1.82) is 0 Å². The number of carboxylic acid groups (broad SMARTS) is 1. The summed E-state index contributed by atoms with van der Waals surface area (Å²) < 4.78 is 0. The van der Waals surface area contributed by atoms with Gasteiger partial charge in [-0.05, 0) is 25.8 Å². The molecule has 5 heteroatoms. The van der Waals surface area contributed by atoms with Gasteiger partial charge in [0.15, 0.2) is 0 Å². The van der Waals surface area contributed by atoms with E-state index in [0.717, 1.165) is 5.56 Å². The summed E-state index contributed by atoms with van der Waals surface area (Å²) in [7, 11) is 0. The molecule has 1 aromatic carbocycles. The van der Waals surface area contributed by atoms with Crippen LogP contribution in [-0.2, 0) is 9.59 Å². The van der Waals surface area contributed by atoms with Crippen LogP contribution in [0.2, 0.25) is 0 Å². The van der Waals surface area contributed by atoms with Gasteiger partial charge in [0.25, 0.3) is 0 Å². The second kappa shape index (κ2) is 5.84. The highest BCUT2D eigenvalue weighted by Crippen LogP contribution is 2.15. The summed E-state index contributed by atoms with van der Waals surface area (Å²) in [4.78, 5) is 23.1. The van der Waals surface area contributed by atoms with Crippen molar-refractivity contribution in [3.63, 3.8) is 0 Å². The molecule has 2 unspecified atom stereocenters. The van der Waals surface area contributed by atoms with E-state index < -0.39 is 23.5 Å². The molecular formula is C14H20N2O3. The molecule has 1 amide bonds. The normalized spacial score (nSPS) is 15.4. The van der Waals surface area contributed by atoms with Gasteiger partial charge in [0.05, 0.1) is 0 Å². The minimum Gasteiger partial charge on any atom is -0.480 e. The third kappa shape index (κ3) is 3.54. The molecule has 0 aliphatic carbocycles. The van der Waals surface area contributed by atoms with E-state index in [4.69, 9.17) is 10.8 Å². The summed E-state index contributed by atoms with van der Waals surface area (Å²) in [6.07, 6.45) is 0.286. The zero-order chi connectivity index (χ0) is 14.6. The topological polar surface area (TPSA) is 92.4 Å². The maximum absolute atomic E-state index is 12.0. The molecule has 4 N–H and O–H groups in total. The van der Waals surface area contributed by atoms with Crippen LogP contribution in [0.4, 0.5) is 0 Å². The first-order chi connectivity index (χ1) is 8.80. The Kier molecular flexibility index (Phi) is 4.67. The van der Waals surface area contributed by atoms with Crippen molar-refractivity contribution in [2.45, 2.75) is 38.8 Å². The maximum Gasteiger partial charge on any atom is 0.329 e. The predicted octanol–water partition coefficient (Wildman–Crippen LogP) is 1.36. The summed E-state index contributed by atoms with van der Waals surface area (Å²) in [6, 6.07) is 6.38. The first-order valence-corrected chi connectivity index (χ1v) is 6.17. The number of nitrogens with one attached hydrogen (secondary N) is 1. The van der Waals surface area contributed by atoms with E-state index in [1.165, 1.54) is 6.92 Å². The number of rotatable bonds is 5. The number of amides is 1. The van der Waals surface area contributed by atoms with Gasteiger partial charge in [0, 0.05) is 0 Å². The Morgan fingerprint density at radius 3 is 2.32 bits per heavy atom. The Hall–Kier alpha value is -1.88. The van der Waals surface area contributed by atoms with E-state index in [0.29, 0.717) is 5.56 Å². The van der Waals surface area contributed by atoms with Gasteiger partial charge in [-0.1, -0.05) is 36.8 Å². The molecule has 0 saturated carbocycles. The molecule has 19 heavy (non-hydrogen) atoms. The number of carbonyl (C=O) groups excluding carboxylic acids is 1. The van der Waals surface area contributed by atoms with Gasteiger partial charge in [0.2, 0.25) is 5.91 Å². The van der Waals surface area contributed by atoms with Crippen LogP contribution < -0.4 is 11.1 Å². The molecular weight excluding hydrogens is 244 g/mol. The van der Waals surface area contributed by atoms with Crippen LogP contribution >= 0.6 is 0 Å². The van der Waals surface area contributed by atoms with E-state index in [1.807, 2.05) is 19.1 Å². The average Bonchev–Trinajstić information content (AvgIpc) is 2.38. The van der Waals surface area contributed by atoms with E-state index in [2.05, 4.69) is 5.32 Å². The highest BCUT2D eigenvalue weighted by atomic mass is 16.4. The molecule has 0 spiro atoms. The summed E-state index contributed by atoms with van der Waals surface area (Å²) >= 11 is 0. The second-order valence-electron chi connectivity index (χ2n) is 4.87. The molecule has 0 aliphatic rings. The summed E-state index contributed by atoms with van der Waals surface area (Å²) in [5.74, 6) is -1.56. The summed E-state index contributed by atoms with van der Waals surface area (Å²) in [5.41, 5.74) is 6.28. The highest BCUT2D eigenvalue weighted by Gasteiger charge is 2.34. The SMILES string of the molecule is CCC(C)(NC(=O)C(N)c1ccc(C)cc1)C(=O)O. The van der Waals surface area contributed by atoms with Crippen molar-refractivity contribution >= 4 is 11.9 Å². The first-order valence-electron chi connectivity index (χ1n) is 6.17. The number of carbonyl (C=O) groups is 2. The Morgan fingerprint density at radius 1 is 1.37 bits per heavy atom. The van der Waals surface area contributed by atoms with E-state index >= 15 is 0 Å². The van der Waals surface area contributed by atoms with Gasteiger partial charge in [-0.15, -0.1) is 0 Å². The lowest BCUT2D eigenvalue weighted by Gasteiger charge is -2.26. The lowest BCUT2D eigenvalue weighted by atomic mass is 9.97. The molecule has 1 rings (SSSR count). The van der Waals surface area contributed by atoms with Gasteiger partial charge in [-0.2, -0.15) is 0 Å². The van der Waals surface area contributed by atoms with Crippen LogP contribution in [-0.4, -0.2) is 22.5 Å². The zero-order valence-corrected chi connectivity index (χ0v) is 11.4. The van der Waals surface area contributed by atoms with Gasteiger partial charge >= 0.3 is 5.97 Å². The molecule has 104 valence electrons. The standard InChI is InChI=1S/C14H20N2O3/c1-4-14(3,13(18)19)16-12(17)11(15)10-7-5-9(2)6-8-10/h5-8,11H,4,15H2,1-3H3,(H,16,17)(H,18,19). The number of aryl methyl sites for hydroxylation is 1. The number of benzene rings is 1. The Balaban J connectivity index is 2.83. The zero-order valence-electron chi connectivity index (χ0n) is 11.4. The van der Waals surface area contributed by atoms with Crippen molar-refractivity contribution in [3.05, 3.63) is 35.4 Å². The monoisotopic (exact) mass is 264 g/mol. The molecule has 0 aliphatic heterocycles. The number of carboxylic acids is 1. The number of hydrogen-bond donors (Lipinski definition) is 3. The van der Waals surface area contributed by atoms with E-state index in [9.17, 15) is 9.59 Å². The minimum atomic E-state index is -1.29. The first kappa shape index (κ1) is 15.2. The second-order valence-corrected chi connectivity index (χ2v) is 4.87. The fraction of sp³-hybridized carbons (Fsp3) is 0.429. The largest absolute Gasteiger partial charge is 0.480 e. The van der Waals surface area contributed by atoms with Gasteiger partial charge < -0.3 is 16.2 Å². The highest BCUT2D eigenvalue weighted by molar-refractivity contribution is 5.89. The smallest absolute Gasteiger partial charge is 0.329 e. The Labute approximate surface area is 112 Å². The third-order valence-electron chi connectivity index (χ3n) is 3.30. The lowest BCUT2D eigenvalue weighted by Crippen LogP contribution is -2.54. The van der Waals surface area contributed by atoms with Crippen LogP contribution in [0.5, 0.6) is 0 Å². The molecule has 0 heterocycles. The summed E-state index contributed by atoms with van der Waals surface area (Å²) in [6.45, 7) is 5.11. The Morgan fingerprint density at radius 2 is 1.89 bits per heavy atom. The molecule has 0 fully saturated rings. The van der Waals surface area contributed by atoms with Gasteiger partial charge in [-0.25, -0.2) is 4.79 Å². The average molecular weight is 264 g/mol.